The van der Waals surface area contributed by atoms with Gasteiger partial charge in [0, 0.05) is 0 Å². The number of aromatic amines is 2. The van der Waals surface area contributed by atoms with E-state index in [2.05, 4.69) is 9.97 Å². The SMILES string of the molecule is Cc1c[n+](CC(O)C(O)C(O)CO)c2[nH]c(=O)[nH]c(=O)c2n1. The van der Waals surface area contributed by atoms with Crippen LogP contribution >= 0.6 is 0 Å². The number of fused-ring (bicyclic) bond motifs is 1. The van der Waals surface area contributed by atoms with Crippen molar-refractivity contribution in [3.8, 4) is 0 Å². The molecule has 10 heteroatoms. The minimum Gasteiger partial charge on any atom is -0.394 e. The topological polar surface area (TPSA) is 163 Å². The normalized spacial score (nSPS) is 15.7. The van der Waals surface area contributed by atoms with Crippen LogP contribution < -0.4 is 15.8 Å². The first-order valence-corrected chi connectivity index (χ1v) is 6.52. The van der Waals surface area contributed by atoms with Crippen molar-refractivity contribution in [1.29, 1.82) is 0 Å². The Kier molecular flexibility index (Phi) is 4.66. The summed E-state index contributed by atoms with van der Waals surface area (Å²) in [6.07, 6.45) is -3.05. The van der Waals surface area contributed by atoms with E-state index in [9.17, 15) is 24.9 Å². The van der Waals surface area contributed by atoms with Crippen LogP contribution in [0.15, 0.2) is 15.8 Å². The van der Waals surface area contributed by atoms with Gasteiger partial charge in [-0.3, -0.25) is 9.78 Å². The summed E-state index contributed by atoms with van der Waals surface area (Å²) in [6, 6.07) is 0. The van der Waals surface area contributed by atoms with E-state index in [1.54, 1.807) is 6.92 Å². The smallest absolute Gasteiger partial charge is 0.394 e. The first-order chi connectivity index (χ1) is 10.3. The number of aliphatic hydroxyl groups excluding tert-OH is 4. The summed E-state index contributed by atoms with van der Waals surface area (Å²) in [5, 5.41) is 37.7. The van der Waals surface area contributed by atoms with Gasteiger partial charge in [0.1, 0.15) is 31.1 Å². The van der Waals surface area contributed by atoms with Crippen LogP contribution in [0.25, 0.3) is 11.2 Å². The molecule has 0 fully saturated rings. The Morgan fingerprint density at radius 3 is 2.55 bits per heavy atom. The summed E-state index contributed by atoms with van der Waals surface area (Å²) in [7, 11) is 0. The number of aryl methyl sites for hydroxylation is 1. The quantitative estimate of drug-likeness (QED) is 0.309. The Hall–Kier alpha value is -2.14. The van der Waals surface area contributed by atoms with Crippen molar-refractivity contribution in [2.75, 3.05) is 6.61 Å². The maximum Gasteiger partial charge on any atom is 0.413 e. The summed E-state index contributed by atoms with van der Waals surface area (Å²) in [5.74, 6) is 0. The number of rotatable bonds is 5. The van der Waals surface area contributed by atoms with E-state index in [-0.39, 0.29) is 17.7 Å². The van der Waals surface area contributed by atoms with Crippen molar-refractivity contribution in [2.45, 2.75) is 31.8 Å². The molecule has 6 N–H and O–H groups in total. The van der Waals surface area contributed by atoms with Gasteiger partial charge in [0.15, 0.2) is 0 Å². The maximum atomic E-state index is 11.7. The van der Waals surface area contributed by atoms with E-state index < -0.39 is 36.2 Å². The standard InChI is InChI=1S/C12H16N4O6/c1-5-2-16(3-6(18)9(20)7(19)4-17)10-8(13-5)11(21)15-12(22)14-10/h2,6-7,9,17-20H,3-4H2,1H3,(H,15,21,22)/p+1. The zero-order valence-corrected chi connectivity index (χ0v) is 11.7. The third-order valence-corrected chi connectivity index (χ3v) is 3.18. The van der Waals surface area contributed by atoms with Crippen molar-refractivity contribution in [2.24, 2.45) is 0 Å². The van der Waals surface area contributed by atoms with Gasteiger partial charge in [-0.1, -0.05) is 0 Å². The van der Waals surface area contributed by atoms with Gasteiger partial charge in [0.2, 0.25) is 5.52 Å². The average Bonchev–Trinajstić information content (AvgIpc) is 2.46. The molecule has 10 nitrogen and oxygen atoms in total. The molecule has 0 amide bonds. The molecule has 0 saturated carbocycles. The Bertz CT molecular complexity index is 785. The van der Waals surface area contributed by atoms with Gasteiger partial charge >= 0.3 is 11.3 Å². The maximum absolute atomic E-state index is 11.7. The second kappa shape index (κ2) is 6.32. The molecule has 0 aliphatic heterocycles. The zero-order chi connectivity index (χ0) is 16.4. The fourth-order valence-corrected chi connectivity index (χ4v) is 2.09. The molecule has 3 atom stereocenters. The molecule has 0 spiro atoms. The molecule has 2 aromatic rings. The zero-order valence-electron chi connectivity index (χ0n) is 11.7. The van der Waals surface area contributed by atoms with Gasteiger partial charge in [-0.2, -0.15) is 4.98 Å². The molecule has 0 radical (unpaired) electrons. The molecule has 2 aromatic heterocycles. The highest BCUT2D eigenvalue weighted by Gasteiger charge is 2.27. The van der Waals surface area contributed by atoms with E-state index in [0.717, 1.165) is 0 Å². The van der Waals surface area contributed by atoms with Crippen LogP contribution in [-0.2, 0) is 6.54 Å². The monoisotopic (exact) mass is 313 g/mol. The van der Waals surface area contributed by atoms with Gasteiger partial charge < -0.3 is 20.4 Å². The highest BCUT2D eigenvalue weighted by atomic mass is 16.4. The number of nitrogens with zero attached hydrogens (tertiary/aromatic N) is 2. The van der Waals surface area contributed by atoms with Crippen molar-refractivity contribution in [1.82, 2.24) is 15.0 Å². The van der Waals surface area contributed by atoms with E-state index in [1.807, 2.05) is 4.98 Å². The number of aliphatic hydroxyl groups is 4. The molecular weight excluding hydrogens is 296 g/mol. The lowest BCUT2D eigenvalue weighted by molar-refractivity contribution is -0.682. The Morgan fingerprint density at radius 2 is 1.91 bits per heavy atom. The summed E-state index contributed by atoms with van der Waals surface area (Å²) in [4.78, 5) is 31.6. The molecule has 3 unspecified atom stereocenters. The molecule has 0 bridgehead atoms. The third-order valence-electron chi connectivity index (χ3n) is 3.18. The Balaban J connectivity index is 2.47. The average molecular weight is 313 g/mol. The number of aromatic nitrogens is 4. The largest absolute Gasteiger partial charge is 0.413 e. The van der Waals surface area contributed by atoms with Gasteiger partial charge in [0.25, 0.3) is 5.56 Å². The third kappa shape index (κ3) is 3.20. The van der Waals surface area contributed by atoms with Gasteiger partial charge in [-0.05, 0) is 6.92 Å². The second-order valence-corrected chi connectivity index (χ2v) is 4.95. The second-order valence-electron chi connectivity index (χ2n) is 4.95. The summed E-state index contributed by atoms with van der Waals surface area (Å²) in [5.41, 5.74) is -0.911. The number of nitrogens with one attached hydrogen (secondary N) is 2. The number of hydrogen-bond acceptors (Lipinski definition) is 7. The predicted molar refractivity (Wildman–Crippen MR) is 73.0 cm³/mol. The van der Waals surface area contributed by atoms with Crippen molar-refractivity contribution >= 4 is 11.2 Å². The minimum atomic E-state index is -1.59. The Morgan fingerprint density at radius 1 is 1.23 bits per heavy atom. The first-order valence-electron chi connectivity index (χ1n) is 6.52. The van der Waals surface area contributed by atoms with Crippen LogP contribution in [-0.4, -0.2) is 60.3 Å². The van der Waals surface area contributed by atoms with Crippen LogP contribution in [0, 0.1) is 6.92 Å². The Labute approximate surface area is 123 Å². The molecule has 2 heterocycles. The van der Waals surface area contributed by atoms with Crippen molar-refractivity contribution in [3.05, 3.63) is 32.7 Å². The first kappa shape index (κ1) is 16.2. The molecule has 22 heavy (non-hydrogen) atoms. The van der Waals surface area contributed by atoms with Crippen LogP contribution in [0.2, 0.25) is 0 Å². The van der Waals surface area contributed by atoms with Gasteiger partial charge in [-0.25, -0.2) is 14.3 Å². The summed E-state index contributed by atoms with van der Waals surface area (Å²) >= 11 is 0. The summed E-state index contributed by atoms with van der Waals surface area (Å²) < 4.78 is 1.34. The molecule has 120 valence electrons. The van der Waals surface area contributed by atoms with Crippen LogP contribution in [0.4, 0.5) is 0 Å². The number of H-pyrrole nitrogens is 2. The fourth-order valence-electron chi connectivity index (χ4n) is 2.09. The molecule has 0 saturated heterocycles. The molecule has 0 aliphatic rings. The van der Waals surface area contributed by atoms with Crippen molar-refractivity contribution < 1.29 is 25.0 Å². The predicted octanol–water partition coefficient (Wildman–Crippen LogP) is -3.72. The van der Waals surface area contributed by atoms with E-state index in [4.69, 9.17) is 5.11 Å². The molecule has 2 rings (SSSR count). The van der Waals surface area contributed by atoms with Crippen LogP contribution in [0.3, 0.4) is 0 Å². The van der Waals surface area contributed by atoms with Crippen LogP contribution in [0.5, 0.6) is 0 Å². The van der Waals surface area contributed by atoms with Crippen LogP contribution in [0.1, 0.15) is 5.69 Å². The lowest BCUT2D eigenvalue weighted by Crippen LogP contribution is -2.50. The van der Waals surface area contributed by atoms with E-state index in [0.29, 0.717) is 5.69 Å². The lowest BCUT2D eigenvalue weighted by atomic mass is 10.1. The van der Waals surface area contributed by atoms with E-state index in [1.165, 1.54) is 10.8 Å². The number of hydrogen-bond donors (Lipinski definition) is 6. The molecule has 0 aliphatic carbocycles. The highest BCUT2D eigenvalue weighted by molar-refractivity contribution is 5.63. The van der Waals surface area contributed by atoms with E-state index >= 15 is 0 Å². The summed E-state index contributed by atoms with van der Waals surface area (Å²) in [6.45, 7) is 0.679. The lowest BCUT2D eigenvalue weighted by Gasteiger charge is -2.20. The molecular formula is C12H17N4O6+. The minimum absolute atomic E-state index is 0.0241. The van der Waals surface area contributed by atoms with Crippen molar-refractivity contribution in [3.63, 3.8) is 0 Å². The molecule has 0 aromatic carbocycles. The highest BCUT2D eigenvalue weighted by Crippen LogP contribution is 2.03. The van der Waals surface area contributed by atoms with Gasteiger partial charge in [-0.15, -0.1) is 0 Å². The van der Waals surface area contributed by atoms with Gasteiger partial charge in [0.05, 0.1) is 12.3 Å². The fraction of sp³-hybridized carbons (Fsp3) is 0.500.